The van der Waals surface area contributed by atoms with E-state index in [9.17, 15) is 4.79 Å². The molecule has 0 aromatic heterocycles. The molecule has 3 heteroatoms. The first-order valence-corrected chi connectivity index (χ1v) is 6.56. The van der Waals surface area contributed by atoms with E-state index in [1.165, 1.54) is 0 Å². The molecule has 0 saturated heterocycles. The van der Waals surface area contributed by atoms with Gasteiger partial charge in [-0.05, 0) is 0 Å². The number of carbonyl (C=O) groups is 1. The second-order valence-electron chi connectivity index (χ2n) is 4.12. The minimum atomic E-state index is 0. The fourth-order valence-corrected chi connectivity index (χ4v) is 2.10. The first kappa shape index (κ1) is 18.3. The van der Waals surface area contributed by atoms with Crippen molar-refractivity contribution in [1.29, 1.82) is 0 Å². The van der Waals surface area contributed by atoms with Gasteiger partial charge in [-0.3, -0.25) is 4.79 Å². The third-order valence-electron chi connectivity index (χ3n) is 2.80. The van der Waals surface area contributed by atoms with E-state index >= 15 is 0 Å². The van der Waals surface area contributed by atoms with Crippen molar-refractivity contribution in [3.63, 3.8) is 0 Å². The number of benzene rings is 1. The Morgan fingerprint density at radius 2 is 2.00 bits per heavy atom. The second kappa shape index (κ2) is 11.1. The smallest absolute Gasteiger partial charge is 0.162 e. The predicted molar refractivity (Wildman–Crippen MR) is 73.1 cm³/mol. The SMILES string of the molecule is C[CH-]CC([CH-]CCl)CCC(=O)c1ccccc1.[Y]. The van der Waals surface area contributed by atoms with Crippen LogP contribution in [0.2, 0.25) is 0 Å². The number of carbonyl (C=O) groups excluding carboxylic acids is 1. The van der Waals surface area contributed by atoms with Crippen molar-refractivity contribution in [2.24, 2.45) is 5.92 Å². The maximum Gasteiger partial charge on any atom is 0.162 e. The molecule has 1 atom stereocenters. The summed E-state index contributed by atoms with van der Waals surface area (Å²) in [5, 5.41) is 0. The number of Topliss-reactive ketones (excluding diaryl/α,β-unsaturated/α-hetero) is 1. The number of rotatable bonds is 8. The van der Waals surface area contributed by atoms with Crippen molar-refractivity contribution in [3.05, 3.63) is 48.7 Å². The molecule has 0 saturated carbocycles. The van der Waals surface area contributed by atoms with Gasteiger partial charge in [-0.1, -0.05) is 36.8 Å². The Labute approximate surface area is 141 Å². The first-order chi connectivity index (χ1) is 8.27. The van der Waals surface area contributed by atoms with Crippen LogP contribution in [0.25, 0.3) is 0 Å². The molecule has 0 heterocycles. The zero-order valence-corrected chi connectivity index (χ0v) is 14.4. The van der Waals surface area contributed by atoms with Gasteiger partial charge in [0.05, 0.1) is 0 Å². The normalized spacial score (nSPS) is 11.7. The summed E-state index contributed by atoms with van der Waals surface area (Å²) in [5.74, 6) is 1.19. The van der Waals surface area contributed by atoms with Crippen LogP contribution in [-0.4, -0.2) is 11.7 Å². The molecule has 97 valence electrons. The Morgan fingerprint density at radius 3 is 2.56 bits per heavy atom. The van der Waals surface area contributed by atoms with Gasteiger partial charge in [-0.2, -0.15) is 24.4 Å². The van der Waals surface area contributed by atoms with Gasteiger partial charge in [0.15, 0.2) is 5.78 Å². The van der Waals surface area contributed by atoms with E-state index in [2.05, 4.69) is 12.8 Å². The Hall–Kier alpha value is 0.284. The quantitative estimate of drug-likeness (QED) is 0.391. The van der Waals surface area contributed by atoms with E-state index in [-0.39, 0.29) is 38.5 Å². The summed E-state index contributed by atoms with van der Waals surface area (Å²) < 4.78 is 0. The van der Waals surface area contributed by atoms with E-state index in [0.29, 0.717) is 18.2 Å². The molecule has 0 amide bonds. The molecule has 0 aliphatic carbocycles. The fraction of sp³-hybridized carbons (Fsp3) is 0.400. The second-order valence-corrected chi connectivity index (χ2v) is 4.43. The summed E-state index contributed by atoms with van der Waals surface area (Å²) in [4.78, 5) is 11.9. The summed E-state index contributed by atoms with van der Waals surface area (Å²) in [6.45, 7) is 2.04. The molecule has 0 spiro atoms. The molecular weight excluding hydrogens is 321 g/mol. The Morgan fingerprint density at radius 1 is 1.33 bits per heavy atom. The van der Waals surface area contributed by atoms with Gasteiger partial charge in [-0.25, -0.2) is 6.42 Å². The Bertz CT molecular complexity index is 321. The van der Waals surface area contributed by atoms with Crippen LogP contribution in [0.3, 0.4) is 0 Å². The van der Waals surface area contributed by atoms with E-state index in [1.54, 1.807) is 0 Å². The van der Waals surface area contributed by atoms with Gasteiger partial charge in [0, 0.05) is 44.7 Å². The van der Waals surface area contributed by atoms with Gasteiger partial charge < -0.3 is 12.8 Å². The zero-order chi connectivity index (χ0) is 12.5. The molecule has 0 N–H and O–H groups in total. The van der Waals surface area contributed by atoms with Crippen LogP contribution >= 0.6 is 11.6 Å². The molecule has 0 aliphatic rings. The Balaban J connectivity index is 0.00000289. The zero-order valence-electron chi connectivity index (χ0n) is 10.8. The minimum absolute atomic E-state index is 0. The third-order valence-corrected chi connectivity index (χ3v) is 2.98. The van der Waals surface area contributed by atoms with E-state index in [0.717, 1.165) is 18.4 Å². The molecule has 1 nitrogen and oxygen atoms in total. The number of halogens is 1. The van der Waals surface area contributed by atoms with Gasteiger partial charge in [0.2, 0.25) is 0 Å². The molecule has 0 aliphatic heterocycles. The molecule has 1 radical (unpaired) electrons. The van der Waals surface area contributed by atoms with Crippen LogP contribution in [0.4, 0.5) is 0 Å². The average molecular weight is 340 g/mol. The van der Waals surface area contributed by atoms with Gasteiger partial charge in [0.25, 0.3) is 0 Å². The number of hydrogen-bond acceptors (Lipinski definition) is 1. The van der Waals surface area contributed by atoms with Crippen LogP contribution in [0, 0.1) is 18.8 Å². The predicted octanol–water partition coefficient (Wildman–Crippen LogP) is 4.32. The van der Waals surface area contributed by atoms with Crippen LogP contribution in [0.15, 0.2) is 30.3 Å². The molecule has 0 bridgehead atoms. The van der Waals surface area contributed by atoms with Crippen molar-refractivity contribution < 1.29 is 37.5 Å². The summed E-state index contributed by atoms with van der Waals surface area (Å²) in [7, 11) is 0. The summed E-state index contributed by atoms with van der Waals surface area (Å²) in [6, 6.07) is 9.46. The topological polar surface area (TPSA) is 17.1 Å². The van der Waals surface area contributed by atoms with E-state index in [1.807, 2.05) is 37.3 Å². The largest absolute Gasteiger partial charge is 0.334 e. The third kappa shape index (κ3) is 7.02. The molecule has 18 heavy (non-hydrogen) atoms. The van der Waals surface area contributed by atoms with Crippen molar-refractivity contribution in [2.75, 3.05) is 5.88 Å². The monoisotopic (exact) mass is 339 g/mol. The summed E-state index contributed by atoms with van der Waals surface area (Å²) in [6.07, 6.45) is 6.68. The first-order valence-electron chi connectivity index (χ1n) is 6.03. The van der Waals surface area contributed by atoms with Crippen molar-refractivity contribution >= 4 is 17.4 Å². The van der Waals surface area contributed by atoms with Crippen molar-refractivity contribution in [1.82, 2.24) is 0 Å². The maximum absolute atomic E-state index is 11.9. The number of ketones is 1. The van der Waals surface area contributed by atoms with Gasteiger partial charge >= 0.3 is 0 Å². The van der Waals surface area contributed by atoms with Crippen LogP contribution in [0.1, 0.15) is 36.5 Å². The maximum atomic E-state index is 11.9. The number of hydrogen-bond donors (Lipinski definition) is 0. The van der Waals surface area contributed by atoms with Crippen LogP contribution in [-0.2, 0) is 32.7 Å². The molecule has 1 aromatic carbocycles. The van der Waals surface area contributed by atoms with Gasteiger partial charge in [0.1, 0.15) is 0 Å². The Kier molecular flexibility index (Phi) is 11.3. The number of alkyl halides is 1. The molecular formula is C15H19ClOY-2. The van der Waals surface area contributed by atoms with Crippen molar-refractivity contribution in [3.8, 4) is 0 Å². The summed E-state index contributed by atoms with van der Waals surface area (Å²) in [5.41, 5.74) is 0.803. The van der Waals surface area contributed by atoms with E-state index < -0.39 is 0 Å². The minimum Gasteiger partial charge on any atom is -0.334 e. The fourth-order valence-electron chi connectivity index (χ4n) is 1.85. The molecule has 1 rings (SSSR count). The van der Waals surface area contributed by atoms with Crippen LogP contribution < -0.4 is 0 Å². The average Bonchev–Trinajstić information content (AvgIpc) is 2.37. The van der Waals surface area contributed by atoms with Crippen LogP contribution in [0.5, 0.6) is 0 Å². The summed E-state index contributed by atoms with van der Waals surface area (Å²) >= 11 is 5.71. The standard InChI is InChI=1S/C15H19ClO.Y/c1-2-6-13(11-12-16)9-10-15(17)14-7-4-3-5-8-14;/h2-5,7-8,11,13H,6,9-10,12H2,1H3;/q-2;. The van der Waals surface area contributed by atoms with Gasteiger partial charge in [-0.15, -0.1) is 5.88 Å². The van der Waals surface area contributed by atoms with Crippen molar-refractivity contribution in [2.45, 2.75) is 26.2 Å². The molecule has 1 aromatic rings. The molecule has 1 unspecified atom stereocenters. The van der Waals surface area contributed by atoms with E-state index in [4.69, 9.17) is 11.6 Å². The molecule has 0 fully saturated rings.